The van der Waals surface area contributed by atoms with Crippen LogP contribution in [0.2, 0.25) is 0 Å². The van der Waals surface area contributed by atoms with Gasteiger partial charge in [0, 0.05) is 0 Å². The van der Waals surface area contributed by atoms with Gasteiger partial charge in [-0.15, -0.1) is 0 Å². The van der Waals surface area contributed by atoms with Crippen LogP contribution in [-0.4, -0.2) is 35.1 Å². The number of nitrogens with one attached hydrogen (secondary N) is 2. The van der Waals surface area contributed by atoms with Gasteiger partial charge in [0.2, 0.25) is 11.8 Å². The van der Waals surface area contributed by atoms with E-state index in [4.69, 9.17) is 0 Å². The highest BCUT2D eigenvalue weighted by molar-refractivity contribution is 6.22. The highest BCUT2D eigenvalue weighted by Gasteiger charge is 2.37. The molecule has 4 aromatic rings. The summed E-state index contributed by atoms with van der Waals surface area (Å²) in [6, 6.07) is 32.9. The second kappa shape index (κ2) is 10.9. The second-order valence-corrected chi connectivity index (χ2v) is 8.92. The topological polar surface area (TPSA) is 95.6 Å². The minimum atomic E-state index is -1.05. The number of hydrogen-bond acceptors (Lipinski definition) is 4. The number of rotatable bonds is 8. The first-order valence-corrected chi connectivity index (χ1v) is 12.2. The van der Waals surface area contributed by atoms with E-state index >= 15 is 0 Å². The smallest absolute Gasteiger partial charge is 0.262 e. The third-order valence-electron chi connectivity index (χ3n) is 6.43. The molecule has 5 rings (SSSR count). The molecular formula is C31H25N3O4. The van der Waals surface area contributed by atoms with E-state index in [0.29, 0.717) is 5.56 Å². The number of imide groups is 1. The van der Waals surface area contributed by atoms with Crippen molar-refractivity contribution in [2.45, 2.75) is 12.1 Å². The van der Waals surface area contributed by atoms with E-state index in [1.807, 2.05) is 66.7 Å². The molecule has 0 radical (unpaired) electrons. The summed E-state index contributed by atoms with van der Waals surface area (Å²) < 4.78 is 0. The zero-order valence-corrected chi connectivity index (χ0v) is 20.4. The average molecular weight is 504 g/mol. The summed E-state index contributed by atoms with van der Waals surface area (Å²) in [4.78, 5) is 53.2. The fraction of sp³-hybridized carbons (Fsp3) is 0.0968. The zero-order chi connectivity index (χ0) is 26.5. The number of nitrogens with zero attached hydrogens (tertiary/aromatic N) is 1. The minimum absolute atomic E-state index is 0.260. The van der Waals surface area contributed by atoms with Gasteiger partial charge in [-0.05, 0) is 28.8 Å². The van der Waals surface area contributed by atoms with Gasteiger partial charge in [0.15, 0.2) is 0 Å². The minimum Gasteiger partial charge on any atom is -0.343 e. The van der Waals surface area contributed by atoms with Gasteiger partial charge in [-0.1, -0.05) is 103 Å². The summed E-state index contributed by atoms with van der Waals surface area (Å²) in [7, 11) is 0. The molecule has 0 saturated carbocycles. The van der Waals surface area contributed by atoms with E-state index in [2.05, 4.69) is 10.6 Å². The largest absolute Gasteiger partial charge is 0.343 e. The first-order valence-electron chi connectivity index (χ1n) is 12.2. The van der Waals surface area contributed by atoms with Crippen molar-refractivity contribution in [3.63, 3.8) is 0 Å². The fourth-order valence-electron chi connectivity index (χ4n) is 4.55. The predicted octanol–water partition coefficient (Wildman–Crippen LogP) is 4.05. The Morgan fingerprint density at radius 1 is 0.579 bits per heavy atom. The first kappa shape index (κ1) is 24.6. The van der Waals surface area contributed by atoms with Crippen LogP contribution in [0, 0.1) is 0 Å². The third-order valence-corrected chi connectivity index (χ3v) is 6.43. The number of benzene rings is 4. The van der Waals surface area contributed by atoms with E-state index < -0.39 is 42.3 Å². The summed E-state index contributed by atoms with van der Waals surface area (Å²) in [5.74, 6) is -2.12. The SMILES string of the molecule is O=C(CN1C(=O)c2ccccc2C1=O)NC(C(=O)NC(c1ccccc1)c1ccccc1)c1ccccc1. The maximum absolute atomic E-state index is 13.7. The third kappa shape index (κ3) is 5.08. The van der Waals surface area contributed by atoms with Crippen LogP contribution in [0.15, 0.2) is 115 Å². The molecule has 0 fully saturated rings. The standard InChI is InChI=1S/C31H25N3O4/c35-26(20-34-30(37)24-18-10-11-19-25(24)31(34)38)32-28(23-16-8-3-9-17-23)29(36)33-27(21-12-4-1-5-13-21)22-14-6-2-7-15-22/h1-19,27-28H,20H2,(H,32,35)(H,33,36). The van der Waals surface area contributed by atoms with Crippen LogP contribution in [0.3, 0.4) is 0 Å². The molecule has 1 unspecified atom stereocenters. The summed E-state index contributed by atoms with van der Waals surface area (Å²) in [6.45, 7) is -0.496. The van der Waals surface area contributed by atoms with Crippen molar-refractivity contribution in [2.24, 2.45) is 0 Å². The first-order chi connectivity index (χ1) is 18.5. The molecule has 7 nitrogen and oxygen atoms in total. The van der Waals surface area contributed by atoms with Gasteiger partial charge in [-0.25, -0.2) is 0 Å². The van der Waals surface area contributed by atoms with E-state index in [1.165, 1.54) is 0 Å². The molecule has 38 heavy (non-hydrogen) atoms. The Hall–Kier alpha value is -5.04. The number of hydrogen-bond donors (Lipinski definition) is 2. The van der Waals surface area contributed by atoms with Crippen molar-refractivity contribution in [1.82, 2.24) is 15.5 Å². The number of amides is 4. The molecule has 1 aliphatic heterocycles. The Morgan fingerprint density at radius 2 is 1.00 bits per heavy atom. The lowest BCUT2D eigenvalue weighted by Crippen LogP contribution is -2.46. The summed E-state index contributed by atoms with van der Waals surface area (Å²) >= 11 is 0. The monoisotopic (exact) mass is 503 g/mol. The Kier molecular flexibility index (Phi) is 7.08. The van der Waals surface area contributed by atoms with Crippen molar-refractivity contribution >= 4 is 23.6 Å². The van der Waals surface area contributed by atoms with Gasteiger partial charge in [0.05, 0.1) is 17.2 Å². The van der Waals surface area contributed by atoms with Gasteiger partial charge in [0.1, 0.15) is 12.6 Å². The van der Waals surface area contributed by atoms with Crippen molar-refractivity contribution in [1.29, 1.82) is 0 Å². The van der Waals surface area contributed by atoms with Crippen LogP contribution in [0.1, 0.15) is 49.5 Å². The Balaban J connectivity index is 1.38. The molecule has 1 heterocycles. The van der Waals surface area contributed by atoms with Crippen LogP contribution in [0.5, 0.6) is 0 Å². The maximum atomic E-state index is 13.7. The molecule has 0 aromatic heterocycles. The van der Waals surface area contributed by atoms with Crippen molar-refractivity contribution < 1.29 is 19.2 Å². The average Bonchev–Trinajstić information content (AvgIpc) is 3.20. The lowest BCUT2D eigenvalue weighted by molar-refractivity contribution is -0.129. The van der Waals surface area contributed by atoms with E-state index in [9.17, 15) is 19.2 Å². The molecule has 4 amide bonds. The summed E-state index contributed by atoms with van der Waals surface area (Å²) in [5.41, 5.74) is 2.86. The van der Waals surface area contributed by atoms with Gasteiger partial charge < -0.3 is 10.6 Å². The number of carbonyl (C=O) groups is 4. The molecule has 4 aromatic carbocycles. The van der Waals surface area contributed by atoms with Gasteiger partial charge in [-0.2, -0.15) is 0 Å². The van der Waals surface area contributed by atoms with Crippen LogP contribution in [0.25, 0.3) is 0 Å². The molecule has 0 spiro atoms. The normalized spacial score (nSPS) is 13.2. The lowest BCUT2D eigenvalue weighted by atomic mass is 9.97. The highest BCUT2D eigenvalue weighted by Crippen LogP contribution is 2.25. The summed E-state index contributed by atoms with van der Waals surface area (Å²) in [5, 5.41) is 5.82. The molecule has 0 aliphatic carbocycles. The van der Waals surface area contributed by atoms with Crippen LogP contribution >= 0.6 is 0 Å². The van der Waals surface area contributed by atoms with Crippen molar-refractivity contribution in [2.75, 3.05) is 6.54 Å². The van der Waals surface area contributed by atoms with Crippen molar-refractivity contribution in [3.8, 4) is 0 Å². The molecule has 188 valence electrons. The highest BCUT2D eigenvalue weighted by atomic mass is 16.2. The maximum Gasteiger partial charge on any atom is 0.262 e. The second-order valence-electron chi connectivity index (χ2n) is 8.92. The summed E-state index contributed by atoms with van der Waals surface area (Å²) in [6.07, 6.45) is 0. The fourth-order valence-corrected chi connectivity index (χ4v) is 4.55. The molecule has 2 N–H and O–H groups in total. The molecular weight excluding hydrogens is 478 g/mol. The van der Waals surface area contributed by atoms with E-state index in [1.54, 1.807) is 48.5 Å². The van der Waals surface area contributed by atoms with Gasteiger partial charge in [0.25, 0.3) is 11.8 Å². The Labute approximate surface area is 220 Å². The molecule has 0 bridgehead atoms. The van der Waals surface area contributed by atoms with Crippen molar-refractivity contribution in [3.05, 3.63) is 143 Å². The Morgan fingerprint density at radius 3 is 1.47 bits per heavy atom. The lowest BCUT2D eigenvalue weighted by Gasteiger charge is -2.25. The quantitative estimate of drug-likeness (QED) is 0.355. The number of carbonyl (C=O) groups excluding carboxylic acids is 4. The van der Waals surface area contributed by atoms with E-state index in [-0.39, 0.29) is 11.1 Å². The van der Waals surface area contributed by atoms with Crippen LogP contribution in [-0.2, 0) is 9.59 Å². The predicted molar refractivity (Wildman–Crippen MR) is 142 cm³/mol. The van der Waals surface area contributed by atoms with Gasteiger partial charge >= 0.3 is 0 Å². The number of fused-ring (bicyclic) bond motifs is 1. The molecule has 7 heteroatoms. The molecule has 1 atom stereocenters. The van der Waals surface area contributed by atoms with Gasteiger partial charge in [-0.3, -0.25) is 24.1 Å². The van der Waals surface area contributed by atoms with Crippen LogP contribution in [0.4, 0.5) is 0 Å². The van der Waals surface area contributed by atoms with Crippen LogP contribution < -0.4 is 10.6 Å². The Bertz CT molecular complexity index is 1400. The molecule has 1 aliphatic rings. The molecule has 0 saturated heterocycles. The zero-order valence-electron chi connectivity index (χ0n) is 20.4. The van der Waals surface area contributed by atoms with E-state index in [0.717, 1.165) is 16.0 Å².